The van der Waals surface area contributed by atoms with Crippen molar-refractivity contribution in [2.24, 2.45) is 5.92 Å². The molecule has 26 heavy (non-hydrogen) atoms. The van der Waals surface area contributed by atoms with Gasteiger partial charge in [0.05, 0.1) is 0 Å². The molecule has 6 nitrogen and oxygen atoms in total. The fraction of sp³-hybridized carbons (Fsp3) is 0.895. The van der Waals surface area contributed by atoms with E-state index >= 15 is 0 Å². The number of nitrogens with zero attached hydrogens (tertiary/aromatic N) is 2. The van der Waals surface area contributed by atoms with Gasteiger partial charge in [-0.2, -0.15) is 0 Å². The second-order valence-electron chi connectivity index (χ2n) is 7.92. The zero-order chi connectivity index (χ0) is 17.5. The van der Waals surface area contributed by atoms with Crippen LogP contribution >= 0.6 is 12.4 Å². The third-order valence-corrected chi connectivity index (χ3v) is 6.01. The molecule has 7 heteroatoms. The Balaban J connectivity index is 0.00000243. The van der Waals surface area contributed by atoms with Gasteiger partial charge in [0, 0.05) is 64.7 Å². The van der Waals surface area contributed by atoms with Crippen LogP contribution in [-0.4, -0.2) is 73.5 Å². The van der Waals surface area contributed by atoms with Crippen molar-refractivity contribution in [2.75, 3.05) is 45.8 Å². The summed E-state index contributed by atoms with van der Waals surface area (Å²) in [5.74, 6) is 1.16. The minimum absolute atomic E-state index is 0. The van der Waals surface area contributed by atoms with Gasteiger partial charge in [-0.3, -0.25) is 9.59 Å². The van der Waals surface area contributed by atoms with E-state index in [2.05, 4.69) is 15.5 Å². The van der Waals surface area contributed by atoms with E-state index in [4.69, 9.17) is 0 Å². The van der Waals surface area contributed by atoms with Crippen LogP contribution in [0.15, 0.2) is 0 Å². The van der Waals surface area contributed by atoms with Crippen molar-refractivity contribution < 1.29 is 9.59 Å². The Morgan fingerprint density at radius 1 is 0.962 bits per heavy atom. The average molecular weight is 387 g/mol. The van der Waals surface area contributed by atoms with Gasteiger partial charge in [0.2, 0.25) is 11.8 Å². The maximum absolute atomic E-state index is 12.2. The van der Waals surface area contributed by atoms with Crippen molar-refractivity contribution in [2.45, 2.75) is 57.4 Å². The first-order valence-electron chi connectivity index (χ1n) is 10.2. The zero-order valence-electron chi connectivity index (χ0n) is 15.9. The maximum atomic E-state index is 12.2. The molecule has 0 aromatic carbocycles. The Hall–Kier alpha value is -0.850. The number of hydrogen-bond acceptors (Lipinski definition) is 4. The van der Waals surface area contributed by atoms with Crippen molar-refractivity contribution in [1.29, 1.82) is 0 Å². The molecule has 1 saturated carbocycles. The standard InChI is InChI=1S/C19H34N4O2.ClH/c24-18(15-16-3-1-2-4-16)21-17-5-10-22(11-6-17)12-7-19(25)23-13-8-20-9-14-23;/h16-17,20H,1-15H2,(H,21,24);1H. The second-order valence-corrected chi connectivity index (χ2v) is 7.92. The number of piperidine rings is 1. The first-order valence-corrected chi connectivity index (χ1v) is 10.2. The molecular weight excluding hydrogens is 352 g/mol. The van der Waals surface area contributed by atoms with E-state index in [-0.39, 0.29) is 24.2 Å². The number of hydrogen-bond donors (Lipinski definition) is 2. The number of carbonyl (C=O) groups excluding carboxylic acids is 2. The molecule has 0 radical (unpaired) electrons. The molecular formula is C19H35ClN4O2. The van der Waals surface area contributed by atoms with Crippen LogP contribution in [0.3, 0.4) is 0 Å². The summed E-state index contributed by atoms with van der Waals surface area (Å²) < 4.78 is 0. The van der Waals surface area contributed by atoms with Gasteiger partial charge in [-0.1, -0.05) is 12.8 Å². The lowest BCUT2D eigenvalue weighted by Gasteiger charge is -2.33. The molecule has 2 heterocycles. The molecule has 0 bridgehead atoms. The minimum atomic E-state index is 0. The van der Waals surface area contributed by atoms with Gasteiger partial charge in [-0.05, 0) is 31.6 Å². The van der Waals surface area contributed by atoms with Crippen molar-refractivity contribution in [3.63, 3.8) is 0 Å². The molecule has 150 valence electrons. The van der Waals surface area contributed by atoms with Crippen molar-refractivity contribution >= 4 is 24.2 Å². The normalized spacial score (nSPS) is 22.8. The van der Waals surface area contributed by atoms with Crippen LogP contribution in [0.4, 0.5) is 0 Å². The minimum Gasteiger partial charge on any atom is -0.353 e. The number of rotatable bonds is 6. The maximum Gasteiger partial charge on any atom is 0.223 e. The average Bonchev–Trinajstić information content (AvgIpc) is 3.14. The monoisotopic (exact) mass is 386 g/mol. The molecule has 0 spiro atoms. The fourth-order valence-corrected chi connectivity index (χ4v) is 4.39. The second kappa shape index (κ2) is 11.1. The molecule has 0 atom stereocenters. The van der Waals surface area contributed by atoms with Gasteiger partial charge in [-0.15, -0.1) is 12.4 Å². The van der Waals surface area contributed by atoms with Crippen LogP contribution < -0.4 is 10.6 Å². The molecule has 0 aromatic heterocycles. The Morgan fingerprint density at radius 2 is 1.62 bits per heavy atom. The number of likely N-dealkylation sites (tertiary alicyclic amines) is 1. The molecule has 0 aromatic rings. The smallest absolute Gasteiger partial charge is 0.223 e. The number of amides is 2. The Morgan fingerprint density at radius 3 is 2.27 bits per heavy atom. The van der Waals surface area contributed by atoms with Gasteiger partial charge in [0.15, 0.2) is 0 Å². The quantitative estimate of drug-likeness (QED) is 0.724. The Kier molecular flexibility index (Phi) is 9.16. The molecule has 2 amide bonds. The number of halogens is 1. The van der Waals surface area contributed by atoms with Crippen molar-refractivity contribution in [1.82, 2.24) is 20.4 Å². The molecule has 0 unspecified atom stereocenters. The van der Waals surface area contributed by atoms with Crippen LogP contribution in [0.2, 0.25) is 0 Å². The van der Waals surface area contributed by atoms with Crippen molar-refractivity contribution in [3.8, 4) is 0 Å². The van der Waals surface area contributed by atoms with E-state index < -0.39 is 0 Å². The lowest BCUT2D eigenvalue weighted by atomic mass is 10.0. The molecule has 2 N–H and O–H groups in total. The summed E-state index contributed by atoms with van der Waals surface area (Å²) in [7, 11) is 0. The molecule has 2 aliphatic heterocycles. The lowest BCUT2D eigenvalue weighted by molar-refractivity contribution is -0.132. The summed E-state index contributed by atoms with van der Waals surface area (Å²) in [6.07, 6.45) is 8.42. The third-order valence-electron chi connectivity index (χ3n) is 6.01. The van der Waals surface area contributed by atoms with E-state index in [0.29, 0.717) is 18.4 Å². The van der Waals surface area contributed by atoms with E-state index in [1.54, 1.807) is 0 Å². The van der Waals surface area contributed by atoms with Crippen LogP contribution in [0.1, 0.15) is 51.4 Å². The van der Waals surface area contributed by atoms with Crippen LogP contribution in [-0.2, 0) is 9.59 Å². The van der Waals surface area contributed by atoms with Gasteiger partial charge in [0.25, 0.3) is 0 Å². The third kappa shape index (κ3) is 6.71. The highest BCUT2D eigenvalue weighted by molar-refractivity contribution is 5.85. The van der Waals surface area contributed by atoms with Gasteiger partial charge in [-0.25, -0.2) is 0 Å². The van der Waals surface area contributed by atoms with E-state index in [0.717, 1.165) is 65.1 Å². The van der Waals surface area contributed by atoms with Crippen LogP contribution in [0.5, 0.6) is 0 Å². The summed E-state index contributed by atoms with van der Waals surface area (Å²) >= 11 is 0. The summed E-state index contributed by atoms with van der Waals surface area (Å²) in [6, 6.07) is 0.328. The van der Waals surface area contributed by atoms with Gasteiger partial charge < -0.3 is 20.4 Å². The highest BCUT2D eigenvalue weighted by Crippen LogP contribution is 2.27. The first kappa shape index (κ1) is 21.5. The Labute approximate surface area is 163 Å². The topological polar surface area (TPSA) is 64.7 Å². The summed E-state index contributed by atoms with van der Waals surface area (Å²) in [4.78, 5) is 28.7. The van der Waals surface area contributed by atoms with E-state index in [1.165, 1.54) is 25.7 Å². The zero-order valence-corrected chi connectivity index (χ0v) is 16.7. The fourth-order valence-electron chi connectivity index (χ4n) is 4.39. The summed E-state index contributed by atoms with van der Waals surface area (Å²) in [5, 5.41) is 6.51. The molecule has 1 aliphatic carbocycles. The van der Waals surface area contributed by atoms with E-state index in [1.807, 2.05) is 4.90 Å². The predicted molar refractivity (Wildman–Crippen MR) is 105 cm³/mol. The highest BCUT2D eigenvalue weighted by Gasteiger charge is 2.24. The highest BCUT2D eigenvalue weighted by atomic mass is 35.5. The largest absolute Gasteiger partial charge is 0.353 e. The molecule has 3 rings (SSSR count). The van der Waals surface area contributed by atoms with Crippen molar-refractivity contribution in [3.05, 3.63) is 0 Å². The first-order chi connectivity index (χ1) is 12.2. The van der Waals surface area contributed by atoms with Gasteiger partial charge in [0.1, 0.15) is 0 Å². The molecule has 2 saturated heterocycles. The van der Waals surface area contributed by atoms with Crippen LogP contribution in [0.25, 0.3) is 0 Å². The predicted octanol–water partition coefficient (Wildman–Crippen LogP) is 1.39. The summed E-state index contributed by atoms with van der Waals surface area (Å²) in [6.45, 7) is 6.34. The number of piperazine rings is 1. The number of carbonyl (C=O) groups is 2. The van der Waals surface area contributed by atoms with E-state index in [9.17, 15) is 9.59 Å². The molecule has 3 aliphatic rings. The number of nitrogens with one attached hydrogen (secondary N) is 2. The molecule has 3 fully saturated rings. The SMILES string of the molecule is Cl.O=C(CC1CCCC1)NC1CCN(CCC(=O)N2CCNCC2)CC1. The van der Waals surface area contributed by atoms with Crippen LogP contribution in [0, 0.1) is 5.92 Å². The van der Waals surface area contributed by atoms with Gasteiger partial charge >= 0.3 is 0 Å². The summed E-state index contributed by atoms with van der Waals surface area (Å²) in [5.41, 5.74) is 0. The Bertz CT molecular complexity index is 443. The lowest BCUT2D eigenvalue weighted by Crippen LogP contribution is -2.48.